The smallest absolute Gasteiger partial charge is 0.253 e. The van der Waals surface area contributed by atoms with Crippen molar-refractivity contribution >= 4 is 5.91 Å². The molecule has 5 nitrogen and oxygen atoms in total. The third kappa shape index (κ3) is 4.28. The molecule has 0 aliphatic carbocycles. The molecule has 25 heavy (non-hydrogen) atoms. The SMILES string of the molecule is Cc1nc(-c2cccc(C(=O)N(C)CC[C@H]3CCCCO3)c2)c(C)[nH]1. The van der Waals surface area contributed by atoms with Crippen molar-refractivity contribution in [1.29, 1.82) is 0 Å². The van der Waals surface area contributed by atoms with Crippen LogP contribution in [0.15, 0.2) is 24.3 Å². The standard InChI is InChI=1S/C20H27N3O2/c1-14-19(22-15(2)21-14)16-7-6-8-17(13-16)20(24)23(3)11-10-18-9-4-5-12-25-18/h6-8,13,18H,4-5,9-12H2,1-3H3,(H,21,22)/t18-/m1/s1. The molecule has 1 aromatic carbocycles. The van der Waals surface area contributed by atoms with Crippen molar-refractivity contribution in [3.8, 4) is 11.3 Å². The van der Waals surface area contributed by atoms with Gasteiger partial charge in [0.25, 0.3) is 5.91 Å². The van der Waals surface area contributed by atoms with Crippen LogP contribution in [0.4, 0.5) is 0 Å². The fourth-order valence-electron chi connectivity index (χ4n) is 3.39. The summed E-state index contributed by atoms with van der Waals surface area (Å²) in [5.41, 5.74) is 3.59. The first-order valence-electron chi connectivity index (χ1n) is 9.05. The van der Waals surface area contributed by atoms with Crippen molar-refractivity contribution in [2.45, 2.75) is 45.6 Å². The Balaban J connectivity index is 1.67. The molecule has 1 fully saturated rings. The largest absolute Gasteiger partial charge is 0.378 e. The molecule has 1 aromatic heterocycles. The van der Waals surface area contributed by atoms with Gasteiger partial charge in [0.05, 0.1) is 11.8 Å². The van der Waals surface area contributed by atoms with Gasteiger partial charge in [-0.25, -0.2) is 4.98 Å². The van der Waals surface area contributed by atoms with Gasteiger partial charge in [-0.05, 0) is 51.7 Å². The van der Waals surface area contributed by atoms with E-state index in [-0.39, 0.29) is 5.91 Å². The van der Waals surface area contributed by atoms with E-state index in [1.807, 2.05) is 45.2 Å². The average molecular weight is 341 g/mol. The van der Waals surface area contributed by atoms with Gasteiger partial charge in [0.2, 0.25) is 0 Å². The minimum atomic E-state index is 0.0440. The van der Waals surface area contributed by atoms with Gasteiger partial charge in [-0.3, -0.25) is 4.79 Å². The molecule has 1 saturated heterocycles. The monoisotopic (exact) mass is 341 g/mol. The topological polar surface area (TPSA) is 58.2 Å². The van der Waals surface area contributed by atoms with Crippen LogP contribution in [0.1, 0.15) is 47.6 Å². The number of ether oxygens (including phenoxy) is 1. The van der Waals surface area contributed by atoms with Crippen LogP contribution in [0.25, 0.3) is 11.3 Å². The van der Waals surface area contributed by atoms with E-state index >= 15 is 0 Å². The number of carbonyl (C=O) groups is 1. The molecule has 0 saturated carbocycles. The first kappa shape index (κ1) is 17.7. The van der Waals surface area contributed by atoms with Crippen LogP contribution >= 0.6 is 0 Å². The number of imidazole rings is 1. The summed E-state index contributed by atoms with van der Waals surface area (Å²) in [6.07, 6.45) is 4.69. The maximum atomic E-state index is 12.7. The summed E-state index contributed by atoms with van der Waals surface area (Å²) < 4.78 is 5.76. The molecular weight excluding hydrogens is 314 g/mol. The van der Waals surface area contributed by atoms with Crippen molar-refractivity contribution < 1.29 is 9.53 Å². The molecule has 0 unspecified atom stereocenters. The Kier molecular flexibility index (Phi) is 5.53. The van der Waals surface area contributed by atoms with Crippen LogP contribution < -0.4 is 0 Å². The normalized spacial score (nSPS) is 17.5. The Bertz CT molecular complexity index is 732. The van der Waals surface area contributed by atoms with Crippen molar-refractivity contribution in [2.75, 3.05) is 20.2 Å². The molecular formula is C20H27N3O2. The number of carbonyl (C=O) groups excluding carboxylic acids is 1. The number of hydrogen-bond acceptors (Lipinski definition) is 3. The van der Waals surface area contributed by atoms with Gasteiger partial charge in [0, 0.05) is 37.0 Å². The molecule has 2 heterocycles. The molecule has 1 N–H and O–H groups in total. The van der Waals surface area contributed by atoms with Gasteiger partial charge >= 0.3 is 0 Å². The second-order valence-corrected chi connectivity index (χ2v) is 6.88. The molecule has 5 heteroatoms. The third-order valence-electron chi connectivity index (χ3n) is 4.79. The highest BCUT2D eigenvalue weighted by molar-refractivity contribution is 5.95. The molecule has 0 radical (unpaired) electrons. The molecule has 134 valence electrons. The lowest BCUT2D eigenvalue weighted by Crippen LogP contribution is -2.31. The van der Waals surface area contributed by atoms with Crippen LogP contribution in [0.5, 0.6) is 0 Å². The number of amides is 1. The Labute approximate surface area is 149 Å². The maximum Gasteiger partial charge on any atom is 0.253 e. The van der Waals surface area contributed by atoms with Gasteiger partial charge < -0.3 is 14.6 Å². The number of nitrogens with one attached hydrogen (secondary N) is 1. The van der Waals surface area contributed by atoms with Gasteiger partial charge in [0.1, 0.15) is 5.82 Å². The summed E-state index contributed by atoms with van der Waals surface area (Å²) in [5, 5.41) is 0. The second kappa shape index (κ2) is 7.83. The second-order valence-electron chi connectivity index (χ2n) is 6.88. The highest BCUT2D eigenvalue weighted by Crippen LogP contribution is 2.23. The number of benzene rings is 1. The van der Waals surface area contributed by atoms with Crippen molar-refractivity contribution in [3.05, 3.63) is 41.3 Å². The van der Waals surface area contributed by atoms with E-state index in [0.717, 1.165) is 48.6 Å². The van der Waals surface area contributed by atoms with Gasteiger partial charge in [0.15, 0.2) is 0 Å². The molecule has 2 aromatic rings. The van der Waals surface area contributed by atoms with E-state index in [2.05, 4.69) is 9.97 Å². The third-order valence-corrected chi connectivity index (χ3v) is 4.79. The molecule has 1 aliphatic rings. The molecule has 0 bridgehead atoms. The van der Waals surface area contributed by atoms with Crippen LogP contribution in [0.3, 0.4) is 0 Å². The molecule has 1 atom stereocenters. The lowest BCUT2D eigenvalue weighted by Gasteiger charge is -2.25. The summed E-state index contributed by atoms with van der Waals surface area (Å²) in [6, 6.07) is 7.71. The molecule has 3 rings (SSSR count). The first-order chi connectivity index (χ1) is 12.0. The lowest BCUT2D eigenvalue weighted by atomic mass is 10.0. The number of nitrogens with zero attached hydrogens (tertiary/aromatic N) is 2. The summed E-state index contributed by atoms with van der Waals surface area (Å²) >= 11 is 0. The Morgan fingerprint density at radius 3 is 2.88 bits per heavy atom. The van der Waals surface area contributed by atoms with Crippen molar-refractivity contribution in [1.82, 2.24) is 14.9 Å². The number of H-pyrrole nitrogens is 1. The summed E-state index contributed by atoms with van der Waals surface area (Å²) in [4.78, 5) is 22.3. The summed E-state index contributed by atoms with van der Waals surface area (Å²) in [7, 11) is 1.86. The number of hydrogen-bond donors (Lipinski definition) is 1. The van der Waals surface area contributed by atoms with Crippen LogP contribution in [-0.4, -0.2) is 47.1 Å². The quantitative estimate of drug-likeness (QED) is 0.901. The maximum absolute atomic E-state index is 12.7. The van der Waals surface area contributed by atoms with Gasteiger partial charge in [-0.2, -0.15) is 0 Å². The fourth-order valence-corrected chi connectivity index (χ4v) is 3.39. The van der Waals surface area contributed by atoms with Crippen LogP contribution in [-0.2, 0) is 4.74 Å². The summed E-state index contributed by atoms with van der Waals surface area (Å²) in [5.74, 6) is 0.927. The fraction of sp³-hybridized carbons (Fsp3) is 0.500. The van der Waals surface area contributed by atoms with Crippen molar-refractivity contribution in [3.63, 3.8) is 0 Å². The van der Waals surface area contributed by atoms with Crippen molar-refractivity contribution in [2.24, 2.45) is 0 Å². The van der Waals surface area contributed by atoms with Gasteiger partial charge in [-0.15, -0.1) is 0 Å². The van der Waals surface area contributed by atoms with Gasteiger partial charge in [-0.1, -0.05) is 12.1 Å². The van der Waals surface area contributed by atoms with E-state index in [1.54, 1.807) is 4.90 Å². The van der Waals surface area contributed by atoms with Crippen LogP contribution in [0.2, 0.25) is 0 Å². The average Bonchev–Trinajstić information content (AvgIpc) is 2.98. The van der Waals surface area contributed by atoms with Crippen LogP contribution in [0, 0.1) is 13.8 Å². The zero-order valence-electron chi connectivity index (χ0n) is 15.3. The number of rotatable bonds is 5. The zero-order valence-corrected chi connectivity index (χ0v) is 15.3. The summed E-state index contributed by atoms with van der Waals surface area (Å²) in [6.45, 7) is 5.51. The number of aromatic amines is 1. The van der Waals surface area contributed by atoms with E-state index in [1.165, 1.54) is 6.42 Å². The minimum Gasteiger partial charge on any atom is -0.378 e. The van der Waals surface area contributed by atoms with E-state index in [0.29, 0.717) is 18.2 Å². The predicted molar refractivity (Wildman–Crippen MR) is 98.7 cm³/mol. The number of aryl methyl sites for hydroxylation is 2. The highest BCUT2D eigenvalue weighted by Gasteiger charge is 2.18. The van der Waals surface area contributed by atoms with E-state index in [9.17, 15) is 4.79 Å². The first-order valence-corrected chi connectivity index (χ1v) is 9.05. The molecule has 1 amide bonds. The molecule has 0 spiro atoms. The zero-order chi connectivity index (χ0) is 17.8. The Hall–Kier alpha value is -2.14. The highest BCUT2D eigenvalue weighted by atomic mass is 16.5. The minimum absolute atomic E-state index is 0.0440. The Morgan fingerprint density at radius 1 is 1.36 bits per heavy atom. The lowest BCUT2D eigenvalue weighted by molar-refractivity contribution is 0.00709. The molecule has 1 aliphatic heterocycles. The van der Waals surface area contributed by atoms with E-state index < -0.39 is 0 Å². The number of aromatic nitrogens is 2. The predicted octanol–water partition coefficient (Wildman–Crippen LogP) is 3.72. The van der Waals surface area contributed by atoms with E-state index in [4.69, 9.17) is 4.74 Å². The Morgan fingerprint density at radius 2 is 2.20 bits per heavy atom.